The molecule has 0 heterocycles. The van der Waals surface area contributed by atoms with Gasteiger partial charge in [-0.15, -0.1) is 0 Å². The molecule has 0 aliphatic rings. The number of rotatable bonds is 4. The molecule has 5 nitrogen and oxygen atoms in total. The first-order valence-electron chi connectivity index (χ1n) is 9.82. The van der Waals surface area contributed by atoms with Gasteiger partial charge in [0.2, 0.25) is 10.0 Å². The summed E-state index contributed by atoms with van der Waals surface area (Å²) in [6.07, 6.45) is 0. The largest absolute Gasteiger partial charge is 0.288 e. The van der Waals surface area contributed by atoms with Crippen molar-refractivity contribution in [1.29, 1.82) is 5.26 Å². The summed E-state index contributed by atoms with van der Waals surface area (Å²) in [5, 5.41) is 16.6. The third-order valence-corrected chi connectivity index (χ3v) is 7.00. The van der Waals surface area contributed by atoms with Gasteiger partial charge in [0.25, 0.3) is 0 Å². The molecule has 4 rings (SSSR count). The van der Waals surface area contributed by atoms with E-state index in [1.807, 2.05) is 6.07 Å². The second-order valence-electron chi connectivity index (χ2n) is 7.62. The average molecular weight is 513 g/mol. The first-order chi connectivity index (χ1) is 16.0. The van der Waals surface area contributed by atoms with Gasteiger partial charge in [0.1, 0.15) is 11.9 Å². The van der Waals surface area contributed by atoms with Crippen LogP contribution in [0, 0.1) is 24.1 Å². The van der Waals surface area contributed by atoms with Gasteiger partial charge in [-0.1, -0.05) is 53.0 Å². The van der Waals surface area contributed by atoms with Crippen LogP contribution in [0.2, 0.25) is 10.0 Å². The zero-order valence-corrected chi connectivity index (χ0v) is 19.9. The topological polar surface area (TPSA) is 101 Å². The van der Waals surface area contributed by atoms with E-state index in [1.165, 1.54) is 18.2 Å². The Morgan fingerprint density at radius 2 is 1.71 bits per heavy atom. The number of sulfonamides is 1. The van der Waals surface area contributed by atoms with Gasteiger partial charge in [-0.25, -0.2) is 17.9 Å². The summed E-state index contributed by atoms with van der Waals surface area (Å²) in [7, 11) is -4.22. The van der Waals surface area contributed by atoms with Crippen LogP contribution < -0.4 is 5.14 Å². The minimum absolute atomic E-state index is 0.0247. The van der Waals surface area contributed by atoms with Crippen molar-refractivity contribution >= 4 is 49.8 Å². The van der Waals surface area contributed by atoms with E-state index in [9.17, 15) is 22.9 Å². The average Bonchev–Trinajstić information content (AvgIpc) is 2.78. The molecule has 0 saturated carbocycles. The molecule has 4 aromatic rings. The van der Waals surface area contributed by atoms with Gasteiger partial charge < -0.3 is 0 Å². The monoisotopic (exact) mass is 512 g/mol. The van der Waals surface area contributed by atoms with Crippen molar-refractivity contribution in [2.24, 2.45) is 5.14 Å². The lowest BCUT2D eigenvalue weighted by atomic mass is 9.86. The normalized spacial score (nSPS) is 11.4. The third-order valence-electron chi connectivity index (χ3n) is 5.37. The maximum Gasteiger partial charge on any atom is 0.238 e. The highest BCUT2D eigenvalue weighted by Gasteiger charge is 2.27. The van der Waals surface area contributed by atoms with Crippen molar-refractivity contribution in [3.05, 3.63) is 98.8 Å². The van der Waals surface area contributed by atoms with E-state index in [0.717, 1.165) is 12.1 Å². The molecule has 0 fully saturated rings. The standard InChI is InChI=1S/C25H15Cl2FN2O3S/c1-13-5-8-23(34(30,32)33)17(9-13)18-11-16-15(3-2-4-21(16)26)20(12-29)24(18)25(31)19-10-14(28)6-7-22(19)27/h2-11H,1H3,(H2,30,32,33). The van der Waals surface area contributed by atoms with Crippen LogP contribution in [-0.4, -0.2) is 14.2 Å². The van der Waals surface area contributed by atoms with E-state index in [4.69, 9.17) is 28.3 Å². The number of hydrogen-bond donors (Lipinski definition) is 1. The maximum absolute atomic E-state index is 14.0. The summed E-state index contributed by atoms with van der Waals surface area (Å²) in [5.74, 6) is -1.45. The maximum atomic E-state index is 14.0. The quantitative estimate of drug-likeness (QED) is 0.338. The number of carbonyl (C=O) groups is 1. The predicted molar refractivity (Wildman–Crippen MR) is 130 cm³/mol. The first-order valence-corrected chi connectivity index (χ1v) is 12.1. The van der Waals surface area contributed by atoms with Crippen LogP contribution in [0.25, 0.3) is 21.9 Å². The number of nitrogens with zero attached hydrogens (tertiary/aromatic N) is 1. The number of carbonyl (C=O) groups excluding carboxylic acids is 1. The van der Waals surface area contributed by atoms with Crippen molar-refractivity contribution in [3.63, 3.8) is 0 Å². The highest BCUT2D eigenvalue weighted by atomic mass is 35.5. The summed E-state index contributed by atoms with van der Waals surface area (Å²) in [6.45, 7) is 1.74. The minimum Gasteiger partial charge on any atom is -0.288 e. The SMILES string of the molecule is Cc1ccc(S(N)(=O)=O)c(-c2cc3c(Cl)cccc3c(C#N)c2C(=O)c2cc(F)ccc2Cl)c1. The molecule has 9 heteroatoms. The number of ketones is 1. The van der Waals surface area contributed by atoms with Crippen molar-refractivity contribution < 1.29 is 17.6 Å². The van der Waals surface area contributed by atoms with E-state index < -0.39 is 21.6 Å². The Bertz CT molecular complexity index is 1660. The van der Waals surface area contributed by atoms with Crippen LogP contribution in [0.1, 0.15) is 27.0 Å². The van der Waals surface area contributed by atoms with E-state index in [0.29, 0.717) is 21.4 Å². The fourth-order valence-electron chi connectivity index (χ4n) is 3.86. The van der Waals surface area contributed by atoms with E-state index in [2.05, 4.69) is 0 Å². The Hall–Kier alpha value is -3.28. The summed E-state index contributed by atoms with van der Waals surface area (Å²) >= 11 is 12.6. The molecule has 0 atom stereocenters. The van der Waals surface area contributed by atoms with Crippen molar-refractivity contribution in [3.8, 4) is 17.2 Å². The lowest BCUT2D eigenvalue weighted by Gasteiger charge is -2.17. The Balaban J connectivity index is 2.23. The molecule has 0 spiro atoms. The van der Waals surface area contributed by atoms with Crippen molar-refractivity contribution in [2.45, 2.75) is 11.8 Å². The number of nitrogens with two attached hydrogens (primary N) is 1. The van der Waals surface area contributed by atoms with Crippen LogP contribution in [-0.2, 0) is 10.0 Å². The van der Waals surface area contributed by atoms with Crippen LogP contribution in [0.3, 0.4) is 0 Å². The number of benzene rings is 4. The fraction of sp³-hybridized carbons (Fsp3) is 0.0400. The van der Waals surface area contributed by atoms with E-state index >= 15 is 0 Å². The lowest BCUT2D eigenvalue weighted by Crippen LogP contribution is -2.15. The molecule has 0 aliphatic carbocycles. The van der Waals surface area contributed by atoms with Crippen LogP contribution in [0.4, 0.5) is 4.39 Å². The molecule has 0 bridgehead atoms. The Labute approximate surface area is 205 Å². The number of hydrogen-bond acceptors (Lipinski definition) is 4. The van der Waals surface area contributed by atoms with Gasteiger partial charge in [0, 0.05) is 32.5 Å². The molecule has 0 aromatic heterocycles. The minimum atomic E-state index is -4.22. The second-order valence-corrected chi connectivity index (χ2v) is 9.96. The smallest absolute Gasteiger partial charge is 0.238 e. The number of fused-ring (bicyclic) bond motifs is 1. The van der Waals surface area contributed by atoms with Gasteiger partial charge >= 0.3 is 0 Å². The van der Waals surface area contributed by atoms with Gasteiger partial charge in [-0.3, -0.25) is 4.79 Å². The van der Waals surface area contributed by atoms with Crippen LogP contribution in [0.15, 0.2) is 65.6 Å². The summed E-state index contributed by atoms with van der Waals surface area (Å²) in [4.78, 5) is 13.5. The molecule has 0 saturated heterocycles. The molecule has 34 heavy (non-hydrogen) atoms. The molecule has 170 valence electrons. The number of aryl methyl sites for hydroxylation is 1. The Morgan fingerprint density at radius 3 is 2.38 bits per heavy atom. The summed E-state index contributed by atoms with van der Waals surface area (Å²) < 4.78 is 38.8. The fourth-order valence-corrected chi connectivity index (χ4v) is 5.03. The molecular formula is C25H15Cl2FN2O3S. The molecule has 2 N–H and O–H groups in total. The van der Waals surface area contributed by atoms with Crippen LogP contribution >= 0.6 is 23.2 Å². The highest BCUT2D eigenvalue weighted by molar-refractivity contribution is 7.89. The lowest BCUT2D eigenvalue weighted by molar-refractivity contribution is 0.103. The second kappa shape index (κ2) is 8.82. The summed E-state index contributed by atoms with van der Waals surface area (Å²) in [6, 6.07) is 16.1. The molecular weight excluding hydrogens is 498 g/mol. The van der Waals surface area contributed by atoms with E-state index in [1.54, 1.807) is 37.3 Å². The zero-order valence-electron chi connectivity index (χ0n) is 17.6. The molecule has 0 unspecified atom stereocenters. The summed E-state index contributed by atoms with van der Waals surface area (Å²) in [5.41, 5.74) is 0.530. The third kappa shape index (κ3) is 4.17. The van der Waals surface area contributed by atoms with Gasteiger partial charge in [0.15, 0.2) is 5.78 Å². The number of primary sulfonamides is 1. The molecule has 0 radical (unpaired) electrons. The first kappa shape index (κ1) is 23.9. The van der Waals surface area contributed by atoms with Crippen LogP contribution in [0.5, 0.6) is 0 Å². The molecule has 0 amide bonds. The predicted octanol–water partition coefficient (Wildman–Crippen LogP) is 6.01. The highest BCUT2D eigenvalue weighted by Crippen LogP contribution is 2.40. The van der Waals surface area contributed by atoms with E-state index in [-0.39, 0.29) is 37.7 Å². The Kier molecular flexibility index (Phi) is 6.19. The molecule has 0 aliphatic heterocycles. The van der Waals surface area contributed by atoms with Gasteiger partial charge in [0.05, 0.1) is 15.5 Å². The molecule has 4 aromatic carbocycles. The van der Waals surface area contributed by atoms with Crippen molar-refractivity contribution in [1.82, 2.24) is 0 Å². The van der Waals surface area contributed by atoms with Crippen molar-refractivity contribution in [2.75, 3.05) is 0 Å². The number of halogens is 3. The number of nitriles is 1. The zero-order chi connectivity index (χ0) is 24.8. The van der Waals surface area contributed by atoms with Gasteiger partial charge in [-0.2, -0.15) is 5.26 Å². The van der Waals surface area contributed by atoms with Gasteiger partial charge in [-0.05, 0) is 48.9 Å². The Morgan fingerprint density at radius 1 is 0.971 bits per heavy atom.